The Balaban J connectivity index is 2.16. The first kappa shape index (κ1) is 15.5. The predicted octanol–water partition coefficient (Wildman–Crippen LogP) is 1.63. The van der Waals surface area contributed by atoms with Crippen LogP contribution in [-0.4, -0.2) is 48.5 Å². The lowest BCUT2D eigenvalue weighted by Gasteiger charge is -2.23. The predicted molar refractivity (Wildman–Crippen MR) is 65.2 cm³/mol. The van der Waals surface area contributed by atoms with E-state index in [1.54, 1.807) is 0 Å². The van der Waals surface area contributed by atoms with Crippen molar-refractivity contribution in [3.8, 4) is 0 Å². The van der Waals surface area contributed by atoms with Crippen molar-refractivity contribution in [1.82, 2.24) is 4.98 Å². The zero-order valence-corrected chi connectivity index (χ0v) is 10.8. The minimum atomic E-state index is -4.64. The third-order valence-corrected chi connectivity index (χ3v) is 2.80. The topological polar surface area (TPSA) is 80.7 Å². The van der Waals surface area contributed by atoms with Crippen molar-refractivity contribution in [1.29, 1.82) is 0 Å². The van der Waals surface area contributed by atoms with Gasteiger partial charge in [0.2, 0.25) is 0 Å². The highest BCUT2D eigenvalue weighted by Crippen LogP contribution is 2.29. The molecule has 1 aliphatic heterocycles. The molecule has 1 atom stereocenters. The van der Waals surface area contributed by atoms with E-state index in [0.29, 0.717) is 19.3 Å². The molecule has 0 saturated carbocycles. The molecule has 116 valence electrons. The summed E-state index contributed by atoms with van der Waals surface area (Å²) in [4.78, 5) is 14.4. The lowest BCUT2D eigenvalue weighted by atomic mass is 10.2. The highest BCUT2D eigenvalue weighted by Gasteiger charge is 2.33. The molecule has 6 nitrogen and oxygen atoms in total. The number of carboxylic acid groups (broad SMARTS) is 1. The molecule has 0 amide bonds. The van der Waals surface area contributed by atoms with E-state index in [9.17, 15) is 18.0 Å². The first-order chi connectivity index (χ1) is 9.88. The number of nitrogens with one attached hydrogen (secondary N) is 1. The molecule has 1 unspecified atom stereocenters. The smallest absolute Gasteiger partial charge is 0.433 e. The summed E-state index contributed by atoms with van der Waals surface area (Å²) in [5.74, 6) is -1.70. The minimum Gasteiger partial charge on any atom is -0.478 e. The average Bonchev–Trinajstić information content (AvgIpc) is 2.45. The normalized spacial score (nSPS) is 19.3. The molecule has 1 aromatic heterocycles. The van der Waals surface area contributed by atoms with Crippen molar-refractivity contribution in [3.63, 3.8) is 0 Å². The number of aromatic carboxylic acids is 1. The first-order valence-corrected chi connectivity index (χ1v) is 6.12. The minimum absolute atomic E-state index is 0.106. The van der Waals surface area contributed by atoms with Gasteiger partial charge in [-0.15, -0.1) is 0 Å². The standard InChI is InChI=1S/C12H13F3N2O4/c13-12(14,15)9-2-1-8(11(18)19)10(17-9)16-5-7-6-20-3-4-21-7/h1-2,7H,3-6H2,(H,16,17)(H,18,19). The second-order valence-corrected chi connectivity index (χ2v) is 4.34. The Hall–Kier alpha value is -1.87. The summed E-state index contributed by atoms with van der Waals surface area (Å²) in [6.07, 6.45) is -5.01. The van der Waals surface area contributed by atoms with Crippen LogP contribution in [0.4, 0.5) is 19.0 Å². The summed E-state index contributed by atoms with van der Waals surface area (Å²) in [5, 5.41) is 11.6. The fourth-order valence-corrected chi connectivity index (χ4v) is 1.79. The Morgan fingerprint density at radius 3 is 2.76 bits per heavy atom. The zero-order valence-electron chi connectivity index (χ0n) is 10.8. The number of halogens is 3. The number of alkyl halides is 3. The van der Waals surface area contributed by atoms with E-state index in [1.807, 2.05) is 0 Å². The number of hydrogen-bond acceptors (Lipinski definition) is 5. The SMILES string of the molecule is O=C(O)c1ccc(C(F)(F)F)nc1NCC1COCCO1. The Morgan fingerprint density at radius 1 is 1.43 bits per heavy atom. The third-order valence-electron chi connectivity index (χ3n) is 2.80. The molecule has 1 aromatic rings. The van der Waals surface area contributed by atoms with E-state index < -0.39 is 17.8 Å². The number of carboxylic acids is 1. The van der Waals surface area contributed by atoms with Crippen LogP contribution in [0.1, 0.15) is 16.1 Å². The molecule has 1 aliphatic rings. The molecule has 2 N–H and O–H groups in total. The largest absolute Gasteiger partial charge is 0.478 e. The maximum atomic E-state index is 12.6. The first-order valence-electron chi connectivity index (χ1n) is 6.12. The fourth-order valence-electron chi connectivity index (χ4n) is 1.79. The molecule has 9 heteroatoms. The molecule has 1 saturated heterocycles. The second-order valence-electron chi connectivity index (χ2n) is 4.34. The van der Waals surface area contributed by atoms with Crippen molar-refractivity contribution < 1.29 is 32.5 Å². The maximum Gasteiger partial charge on any atom is 0.433 e. The van der Waals surface area contributed by atoms with Crippen LogP contribution in [0.3, 0.4) is 0 Å². The van der Waals surface area contributed by atoms with Crippen LogP contribution in [-0.2, 0) is 15.7 Å². The lowest BCUT2D eigenvalue weighted by molar-refractivity contribution is -0.141. The van der Waals surface area contributed by atoms with Gasteiger partial charge in [0.25, 0.3) is 0 Å². The van der Waals surface area contributed by atoms with Crippen molar-refractivity contribution in [3.05, 3.63) is 23.4 Å². The quantitative estimate of drug-likeness (QED) is 0.880. The van der Waals surface area contributed by atoms with Crippen LogP contribution in [0.2, 0.25) is 0 Å². The highest BCUT2D eigenvalue weighted by molar-refractivity contribution is 5.93. The van der Waals surface area contributed by atoms with E-state index in [2.05, 4.69) is 10.3 Å². The lowest BCUT2D eigenvalue weighted by Crippen LogP contribution is -2.34. The van der Waals surface area contributed by atoms with Gasteiger partial charge >= 0.3 is 12.1 Å². The molecule has 0 bridgehead atoms. The Bertz CT molecular complexity index is 516. The molecule has 0 aliphatic carbocycles. The van der Waals surface area contributed by atoms with Crippen molar-refractivity contribution in [2.24, 2.45) is 0 Å². The van der Waals surface area contributed by atoms with Gasteiger partial charge in [0.05, 0.1) is 25.9 Å². The summed E-state index contributed by atoms with van der Waals surface area (Å²) in [6, 6.07) is 1.51. The van der Waals surface area contributed by atoms with E-state index in [4.69, 9.17) is 14.6 Å². The number of anilines is 1. The Morgan fingerprint density at radius 2 is 2.19 bits per heavy atom. The Kier molecular flexibility index (Phi) is 4.63. The van der Waals surface area contributed by atoms with Crippen LogP contribution in [0.25, 0.3) is 0 Å². The van der Waals surface area contributed by atoms with Crippen LogP contribution >= 0.6 is 0 Å². The maximum absolute atomic E-state index is 12.6. The van der Waals surface area contributed by atoms with Crippen LogP contribution in [0.15, 0.2) is 12.1 Å². The van der Waals surface area contributed by atoms with Gasteiger partial charge in [0.1, 0.15) is 17.1 Å². The number of carbonyl (C=O) groups is 1. The molecular formula is C12H13F3N2O4. The van der Waals surface area contributed by atoms with E-state index in [-0.39, 0.29) is 30.6 Å². The summed E-state index contributed by atoms with van der Waals surface area (Å²) in [5.41, 5.74) is -1.49. The molecule has 0 radical (unpaired) electrons. The van der Waals surface area contributed by atoms with Gasteiger partial charge in [-0.05, 0) is 12.1 Å². The molecular weight excluding hydrogens is 293 g/mol. The van der Waals surface area contributed by atoms with Crippen molar-refractivity contribution >= 4 is 11.8 Å². The van der Waals surface area contributed by atoms with Gasteiger partial charge in [-0.1, -0.05) is 0 Å². The van der Waals surface area contributed by atoms with Crippen molar-refractivity contribution in [2.45, 2.75) is 12.3 Å². The highest BCUT2D eigenvalue weighted by atomic mass is 19.4. The summed E-state index contributed by atoms with van der Waals surface area (Å²) < 4.78 is 48.3. The van der Waals surface area contributed by atoms with Gasteiger partial charge in [0.15, 0.2) is 0 Å². The molecule has 2 rings (SSSR count). The molecule has 2 heterocycles. The summed E-state index contributed by atoms with van der Waals surface area (Å²) in [6.45, 7) is 1.23. The number of pyridine rings is 1. The Labute approximate surface area is 117 Å². The van der Waals surface area contributed by atoms with Crippen molar-refractivity contribution in [2.75, 3.05) is 31.7 Å². The van der Waals surface area contributed by atoms with Gasteiger partial charge < -0.3 is 19.9 Å². The van der Waals surface area contributed by atoms with Crippen LogP contribution in [0.5, 0.6) is 0 Å². The van der Waals surface area contributed by atoms with E-state index >= 15 is 0 Å². The third kappa shape index (κ3) is 4.05. The molecule has 0 aromatic carbocycles. The van der Waals surface area contributed by atoms with Gasteiger partial charge in [-0.3, -0.25) is 0 Å². The summed E-state index contributed by atoms with van der Waals surface area (Å²) >= 11 is 0. The van der Waals surface area contributed by atoms with Gasteiger partial charge in [-0.25, -0.2) is 9.78 Å². The van der Waals surface area contributed by atoms with Crippen LogP contribution < -0.4 is 5.32 Å². The summed E-state index contributed by atoms with van der Waals surface area (Å²) in [7, 11) is 0. The number of nitrogens with zero attached hydrogens (tertiary/aromatic N) is 1. The molecule has 21 heavy (non-hydrogen) atoms. The monoisotopic (exact) mass is 306 g/mol. The fraction of sp³-hybridized carbons (Fsp3) is 0.500. The second kappa shape index (κ2) is 6.27. The van der Waals surface area contributed by atoms with E-state index in [1.165, 1.54) is 0 Å². The van der Waals surface area contributed by atoms with E-state index in [0.717, 1.165) is 6.07 Å². The average molecular weight is 306 g/mol. The van der Waals surface area contributed by atoms with Crippen LogP contribution in [0, 0.1) is 0 Å². The van der Waals surface area contributed by atoms with Gasteiger partial charge in [0, 0.05) is 6.54 Å². The zero-order chi connectivity index (χ0) is 15.5. The van der Waals surface area contributed by atoms with Gasteiger partial charge in [-0.2, -0.15) is 13.2 Å². The molecule has 1 fully saturated rings. The molecule has 0 spiro atoms. The number of hydrogen-bond donors (Lipinski definition) is 2. The number of rotatable bonds is 4. The number of ether oxygens (including phenoxy) is 2. The number of aromatic nitrogens is 1.